The zero-order chi connectivity index (χ0) is 12.1. The Balaban J connectivity index is 2.90. The van der Waals surface area contributed by atoms with E-state index in [-0.39, 0.29) is 12.6 Å². The van der Waals surface area contributed by atoms with Gasteiger partial charge in [0.05, 0.1) is 5.69 Å². The summed E-state index contributed by atoms with van der Waals surface area (Å²) in [5.74, 6) is 0. The van der Waals surface area contributed by atoms with E-state index in [9.17, 15) is 0 Å². The molecule has 1 aromatic rings. The second kappa shape index (κ2) is 6.01. The minimum atomic E-state index is 0.204. The molecule has 92 valence electrons. The predicted molar refractivity (Wildman–Crippen MR) is 65.4 cm³/mol. The summed E-state index contributed by atoms with van der Waals surface area (Å²) in [5, 5.41) is 17.0. The van der Waals surface area contributed by atoms with E-state index in [1.165, 1.54) is 11.3 Å². The van der Waals surface area contributed by atoms with Gasteiger partial charge in [-0.25, -0.2) is 0 Å². The molecule has 1 rings (SSSR count). The second-order valence-electron chi connectivity index (χ2n) is 4.23. The minimum Gasteiger partial charge on any atom is -0.396 e. The number of nitrogens with zero attached hydrogens (tertiary/aromatic N) is 2. The molecule has 0 bridgehead atoms. The van der Waals surface area contributed by atoms with Gasteiger partial charge >= 0.3 is 0 Å². The Hall–Kier alpha value is -0.870. The van der Waals surface area contributed by atoms with E-state index in [1.807, 2.05) is 18.7 Å². The van der Waals surface area contributed by atoms with Crippen molar-refractivity contribution in [1.82, 2.24) is 15.1 Å². The van der Waals surface area contributed by atoms with Crippen molar-refractivity contribution >= 4 is 0 Å². The van der Waals surface area contributed by atoms with Crippen LogP contribution in [0.15, 0.2) is 0 Å². The van der Waals surface area contributed by atoms with Gasteiger partial charge in [0, 0.05) is 31.0 Å². The monoisotopic (exact) mass is 225 g/mol. The number of aryl methyl sites for hydroxylation is 2. The van der Waals surface area contributed by atoms with Crippen molar-refractivity contribution in [3.05, 3.63) is 17.0 Å². The van der Waals surface area contributed by atoms with Gasteiger partial charge in [0.1, 0.15) is 0 Å². The molecule has 0 radical (unpaired) electrons. The number of nitrogens with one attached hydrogen (secondary N) is 1. The molecule has 0 saturated heterocycles. The second-order valence-corrected chi connectivity index (χ2v) is 4.23. The molecule has 0 aromatic carbocycles. The lowest BCUT2D eigenvalue weighted by Gasteiger charge is -2.18. The van der Waals surface area contributed by atoms with Crippen molar-refractivity contribution in [3.63, 3.8) is 0 Å². The molecular weight excluding hydrogens is 202 g/mol. The van der Waals surface area contributed by atoms with Crippen LogP contribution < -0.4 is 5.32 Å². The minimum absolute atomic E-state index is 0.204. The van der Waals surface area contributed by atoms with Crippen molar-refractivity contribution in [2.75, 3.05) is 13.2 Å². The Labute approximate surface area is 97.7 Å². The van der Waals surface area contributed by atoms with Crippen molar-refractivity contribution in [2.24, 2.45) is 7.05 Å². The highest BCUT2D eigenvalue weighted by molar-refractivity contribution is 5.28. The van der Waals surface area contributed by atoms with Gasteiger partial charge < -0.3 is 10.4 Å². The van der Waals surface area contributed by atoms with Crippen LogP contribution in [-0.4, -0.2) is 28.0 Å². The summed E-state index contributed by atoms with van der Waals surface area (Å²) < 4.78 is 1.91. The van der Waals surface area contributed by atoms with E-state index in [1.54, 1.807) is 0 Å². The van der Waals surface area contributed by atoms with Crippen LogP contribution in [0.2, 0.25) is 0 Å². The fourth-order valence-corrected chi connectivity index (χ4v) is 2.09. The third-order valence-corrected chi connectivity index (χ3v) is 2.97. The molecule has 0 aliphatic heterocycles. The van der Waals surface area contributed by atoms with Gasteiger partial charge in [-0.1, -0.05) is 6.92 Å². The number of hydrogen-bond acceptors (Lipinski definition) is 3. The number of aliphatic hydroxyl groups is 1. The summed E-state index contributed by atoms with van der Waals surface area (Å²) in [6, 6.07) is 0.221. The zero-order valence-electron chi connectivity index (χ0n) is 10.7. The SMILES string of the molecule is CCCNC(CCO)c1c(C)nn(C)c1C. The molecule has 1 unspecified atom stereocenters. The molecule has 2 N–H and O–H groups in total. The summed E-state index contributed by atoms with van der Waals surface area (Å²) in [6.07, 6.45) is 1.84. The van der Waals surface area contributed by atoms with Crippen LogP contribution in [0, 0.1) is 13.8 Å². The first kappa shape index (κ1) is 13.2. The first-order chi connectivity index (χ1) is 7.61. The Bertz CT molecular complexity index is 333. The molecule has 0 aliphatic rings. The van der Waals surface area contributed by atoms with Gasteiger partial charge in [0.25, 0.3) is 0 Å². The van der Waals surface area contributed by atoms with E-state index in [0.717, 1.165) is 25.1 Å². The molecule has 0 spiro atoms. The molecule has 1 heterocycles. The maximum atomic E-state index is 9.12. The third-order valence-electron chi connectivity index (χ3n) is 2.97. The zero-order valence-corrected chi connectivity index (χ0v) is 10.7. The summed E-state index contributed by atoms with van der Waals surface area (Å²) in [6.45, 7) is 7.42. The molecule has 4 nitrogen and oxygen atoms in total. The smallest absolute Gasteiger partial charge is 0.0644 e. The van der Waals surface area contributed by atoms with Gasteiger partial charge in [0.15, 0.2) is 0 Å². The summed E-state index contributed by atoms with van der Waals surface area (Å²) in [4.78, 5) is 0. The lowest BCUT2D eigenvalue weighted by molar-refractivity contribution is 0.265. The van der Waals surface area contributed by atoms with Gasteiger partial charge in [0.2, 0.25) is 0 Å². The van der Waals surface area contributed by atoms with Gasteiger partial charge in [-0.3, -0.25) is 4.68 Å². The Morgan fingerprint density at radius 2 is 2.12 bits per heavy atom. The van der Waals surface area contributed by atoms with E-state index < -0.39 is 0 Å². The Morgan fingerprint density at radius 3 is 2.56 bits per heavy atom. The first-order valence-electron chi connectivity index (χ1n) is 5.96. The van der Waals surface area contributed by atoms with Crippen LogP contribution in [0.4, 0.5) is 0 Å². The number of rotatable bonds is 6. The quantitative estimate of drug-likeness (QED) is 0.770. The summed E-state index contributed by atoms with van der Waals surface area (Å²) in [7, 11) is 1.96. The fourth-order valence-electron chi connectivity index (χ4n) is 2.09. The number of aromatic nitrogens is 2. The lowest BCUT2D eigenvalue weighted by Crippen LogP contribution is -2.24. The maximum Gasteiger partial charge on any atom is 0.0644 e. The van der Waals surface area contributed by atoms with E-state index >= 15 is 0 Å². The molecule has 16 heavy (non-hydrogen) atoms. The highest BCUT2D eigenvalue weighted by Gasteiger charge is 2.18. The Morgan fingerprint density at radius 1 is 1.44 bits per heavy atom. The highest BCUT2D eigenvalue weighted by Crippen LogP contribution is 2.23. The third kappa shape index (κ3) is 2.83. The van der Waals surface area contributed by atoms with E-state index in [0.29, 0.717) is 0 Å². The van der Waals surface area contributed by atoms with E-state index in [2.05, 4.69) is 24.3 Å². The molecule has 1 aromatic heterocycles. The molecule has 1 atom stereocenters. The average Bonchev–Trinajstić information content (AvgIpc) is 2.49. The first-order valence-corrected chi connectivity index (χ1v) is 5.96. The lowest BCUT2D eigenvalue weighted by atomic mass is 10.0. The standard InChI is InChI=1S/C12H23N3O/c1-5-7-13-11(6-8-16)12-9(2)14-15(4)10(12)3/h11,13,16H,5-8H2,1-4H3. The largest absolute Gasteiger partial charge is 0.396 e. The van der Waals surface area contributed by atoms with Gasteiger partial charge in [-0.15, -0.1) is 0 Å². The topological polar surface area (TPSA) is 50.1 Å². The van der Waals surface area contributed by atoms with Crippen molar-refractivity contribution in [1.29, 1.82) is 0 Å². The van der Waals surface area contributed by atoms with Crippen LogP contribution >= 0.6 is 0 Å². The van der Waals surface area contributed by atoms with Gasteiger partial charge in [-0.05, 0) is 33.2 Å². The maximum absolute atomic E-state index is 9.12. The normalized spacial score (nSPS) is 13.1. The van der Waals surface area contributed by atoms with Crippen molar-refractivity contribution in [2.45, 2.75) is 39.7 Å². The number of aliphatic hydroxyl groups excluding tert-OH is 1. The molecule has 0 saturated carbocycles. The molecule has 0 fully saturated rings. The Kier molecular flexibility index (Phi) is 4.96. The molecular formula is C12H23N3O. The number of hydrogen-bond donors (Lipinski definition) is 2. The molecule has 0 aliphatic carbocycles. The predicted octanol–water partition coefficient (Wildman–Crippen LogP) is 1.46. The van der Waals surface area contributed by atoms with Crippen molar-refractivity contribution < 1.29 is 5.11 Å². The fraction of sp³-hybridized carbons (Fsp3) is 0.750. The summed E-state index contributed by atoms with van der Waals surface area (Å²) >= 11 is 0. The van der Waals surface area contributed by atoms with Crippen LogP contribution in [0.3, 0.4) is 0 Å². The van der Waals surface area contributed by atoms with Crippen LogP contribution in [0.5, 0.6) is 0 Å². The molecule has 4 heteroatoms. The highest BCUT2D eigenvalue weighted by atomic mass is 16.3. The van der Waals surface area contributed by atoms with Crippen LogP contribution in [-0.2, 0) is 7.05 Å². The van der Waals surface area contributed by atoms with E-state index in [4.69, 9.17) is 5.11 Å². The van der Waals surface area contributed by atoms with Crippen LogP contribution in [0.1, 0.15) is 42.8 Å². The van der Waals surface area contributed by atoms with Crippen LogP contribution in [0.25, 0.3) is 0 Å². The molecule has 0 amide bonds. The summed E-state index contributed by atoms with van der Waals surface area (Å²) in [5.41, 5.74) is 3.48. The van der Waals surface area contributed by atoms with Gasteiger partial charge in [-0.2, -0.15) is 5.10 Å². The average molecular weight is 225 g/mol. The van der Waals surface area contributed by atoms with Crippen molar-refractivity contribution in [3.8, 4) is 0 Å².